The van der Waals surface area contributed by atoms with E-state index in [-0.39, 0.29) is 30.5 Å². The summed E-state index contributed by atoms with van der Waals surface area (Å²) in [5.41, 5.74) is -1.98. The first kappa shape index (κ1) is 22.0. The lowest BCUT2D eigenvalue weighted by molar-refractivity contribution is -0.179. The lowest BCUT2D eigenvalue weighted by Crippen LogP contribution is -2.69. The quantitative estimate of drug-likeness (QED) is 0.519. The fourth-order valence-electron chi connectivity index (χ4n) is 7.32. The van der Waals surface area contributed by atoms with Gasteiger partial charge < -0.3 is 14.9 Å². The van der Waals surface area contributed by atoms with Crippen LogP contribution in [0.1, 0.15) is 65.7 Å². The molecule has 7 heteroatoms. The summed E-state index contributed by atoms with van der Waals surface area (Å²) in [6.45, 7) is 4.69. The van der Waals surface area contributed by atoms with Crippen molar-refractivity contribution in [1.82, 2.24) is 0 Å². The molecule has 0 aromatic rings. The van der Waals surface area contributed by atoms with Crippen LogP contribution in [0.25, 0.3) is 0 Å². The third-order valence-electron chi connectivity index (χ3n) is 9.06. The summed E-state index contributed by atoms with van der Waals surface area (Å²) in [6, 6.07) is 0. The van der Waals surface area contributed by atoms with E-state index >= 15 is 0 Å². The second-order valence-corrected chi connectivity index (χ2v) is 10.9. The third kappa shape index (κ3) is 2.66. The van der Waals surface area contributed by atoms with Gasteiger partial charge in [0.2, 0.25) is 5.78 Å². The maximum atomic E-state index is 12.9. The summed E-state index contributed by atoms with van der Waals surface area (Å²) < 4.78 is 4.88. The number of fused-ring (bicyclic) bond motifs is 5. The van der Waals surface area contributed by atoms with E-state index in [9.17, 15) is 24.6 Å². The Morgan fingerprint density at radius 3 is 2.57 bits per heavy atom. The Morgan fingerprint density at radius 2 is 1.90 bits per heavy atom. The molecule has 0 spiro atoms. The molecule has 2 N–H and O–H groups in total. The zero-order valence-electron chi connectivity index (χ0n) is 17.9. The molecule has 0 amide bonds. The molecule has 0 radical (unpaired) electrons. The molecule has 0 aromatic carbocycles. The Balaban J connectivity index is 1.71. The van der Waals surface area contributed by atoms with Crippen molar-refractivity contribution in [2.24, 2.45) is 22.7 Å². The minimum absolute atomic E-state index is 0.0410. The molecule has 3 fully saturated rings. The van der Waals surface area contributed by atoms with Crippen molar-refractivity contribution in [3.05, 3.63) is 11.6 Å². The number of alkyl halides is 1. The largest absolute Gasteiger partial charge is 0.458 e. The second kappa shape index (κ2) is 6.88. The van der Waals surface area contributed by atoms with Gasteiger partial charge in [0.05, 0.1) is 11.0 Å². The van der Waals surface area contributed by atoms with Crippen LogP contribution in [0.3, 0.4) is 0 Å². The summed E-state index contributed by atoms with van der Waals surface area (Å²) in [5.74, 6) is -1.09. The molecule has 6 nitrogen and oxygen atoms in total. The average molecular weight is 439 g/mol. The van der Waals surface area contributed by atoms with E-state index in [1.807, 2.05) is 6.92 Å². The number of carbonyl (C=O) groups is 3. The van der Waals surface area contributed by atoms with E-state index < -0.39 is 45.8 Å². The summed E-state index contributed by atoms with van der Waals surface area (Å²) >= 11 is 7.36. The van der Waals surface area contributed by atoms with Crippen molar-refractivity contribution in [3.63, 3.8) is 0 Å². The van der Waals surface area contributed by atoms with E-state index in [1.54, 1.807) is 6.08 Å². The van der Waals surface area contributed by atoms with Crippen molar-refractivity contribution in [3.8, 4) is 0 Å². The molecule has 30 heavy (non-hydrogen) atoms. The number of hydrogen-bond donors (Lipinski definition) is 2. The maximum absolute atomic E-state index is 12.9. The minimum atomic E-state index is -1.66. The molecule has 7 atom stereocenters. The van der Waals surface area contributed by atoms with Gasteiger partial charge in [0, 0.05) is 24.2 Å². The number of allylic oxidation sites excluding steroid dienone is 1. The van der Waals surface area contributed by atoms with Crippen LogP contribution >= 0.6 is 11.6 Å². The number of hydrogen-bond acceptors (Lipinski definition) is 6. The molecule has 4 rings (SSSR count). The minimum Gasteiger partial charge on any atom is -0.458 e. The monoisotopic (exact) mass is 438 g/mol. The van der Waals surface area contributed by atoms with Gasteiger partial charge in [-0.25, -0.2) is 0 Å². The Labute approximate surface area is 182 Å². The van der Waals surface area contributed by atoms with Crippen molar-refractivity contribution in [2.45, 2.75) is 82.3 Å². The Kier molecular flexibility index (Phi) is 5.04. The lowest BCUT2D eigenvalue weighted by atomic mass is 9.45. The number of aliphatic hydroxyl groups is 2. The standard InChI is InChI=1S/C23H31ClO6/c1-13(25)30-12-19(28)22(29)9-7-16-17-5-4-14-10-15(26)6-8-20(14,2)23(17,24)18(27)11-21(16,22)3/h10,16-18,27,29H,4-9,11-12H2,1-3H3/t16?,17?,18?,20?,21?,22-,23-/m0/s1. The van der Waals surface area contributed by atoms with Gasteiger partial charge in [0.15, 0.2) is 12.4 Å². The van der Waals surface area contributed by atoms with Gasteiger partial charge in [-0.05, 0) is 56.4 Å². The number of halogens is 1. The Hall–Kier alpha value is -1.24. The van der Waals surface area contributed by atoms with E-state index in [0.717, 1.165) is 12.0 Å². The number of Topliss-reactive ketones (excluding diaryl/α,β-unsaturated/α-hetero) is 1. The molecule has 4 aliphatic rings. The molecular weight excluding hydrogens is 408 g/mol. The second-order valence-electron chi connectivity index (χ2n) is 10.2. The SMILES string of the molecule is CC(=O)OCC(=O)[C@@]1(O)CCC2C3CCC4=CC(=O)CCC4(C)[C@@]3(Cl)C(O)CC21C. The number of esters is 1. The molecule has 5 unspecified atom stereocenters. The first-order valence-electron chi connectivity index (χ1n) is 10.9. The van der Waals surface area contributed by atoms with Crippen molar-refractivity contribution in [1.29, 1.82) is 0 Å². The number of aliphatic hydroxyl groups excluding tert-OH is 1. The van der Waals surface area contributed by atoms with Gasteiger partial charge in [-0.1, -0.05) is 19.4 Å². The van der Waals surface area contributed by atoms with Gasteiger partial charge in [0.1, 0.15) is 5.60 Å². The molecule has 0 heterocycles. The molecule has 4 aliphatic carbocycles. The van der Waals surface area contributed by atoms with Gasteiger partial charge in [0.25, 0.3) is 0 Å². The number of rotatable bonds is 3. The number of carbonyl (C=O) groups excluding carboxylic acids is 3. The van der Waals surface area contributed by atoms with Crippen LogP contribution in [0.5, 0.6) is 0 Å². The molecule has 0 bridgehead atoms. The highest BCUT2D eigenvalue weighted by Crippen LogP contribution is 2.71. The van der Waals surface area contributed by atoms with E-state index in [0.29, 0.717) is 25.7 Å². The highest BCUT2D eigenvalue weighted by molar-refractivity contribution is 6.26. The van der Waals surface area contributed by atoms with E-state index in [1.165, 1.54) is 6.92 Å². The molecule has 0 aliphatic heterocycles. The van der Waals surface area contributed by atoms with Crippen LogP contribution in [-0.2, 0) is 19.1 Å². The van der Waals surface area contributed by atoms with Crippen LogP contribution in [0.15, 0.2) is 11.6 Å². The van der Waals surface area contributed by atoms with E-state index in [4.69, 9.17) is 16.3 Å². The van der Waals surface area contributed by atoms with Crippen LogP contribution in [0, 0.1) is 22.7 Å². The van der Waals surface area contributed by atoms with Crippen LogP contribution in [0.2, 0.25) is 0 Å². The van der Waals surface area contributed by atoms with Crippen molar-refractivity contribution < 1.29 is 29.3 Å². The fourth-order valence-corrected chi connectivity index (χ4v) is 7.87. The molecule has 0 saturated heterocycles. The van der Waals surface area contributed by atoms with Crippen molar-refractivity contribution >= 4 is 29.1 Å². The average Bonchev–Trinajstić information content (AvgIpc) is 2.94. The zero-order valence-corrected chi connectivity index (χ0v) is 18.6. The predicted molar refractivity (Wildman–Crippen MR) is 110 cm³/mol. The molecule has 3 saturated carbocycles. The molecule has 166 valence electrons. The smallest absolute Gasteiger partial charge is 0.303 e. The molecule has 0 aromatic heterocycles. The van der Waals surface area contributed by atoms with Crippen LogP contribution < -0.4 is 0 Å². The summed E-state index contributed by atoms with van der Waals surface area (Å²) in [4.78, 5) is 35.2. The summed E-state index contributed by atoms with van der Waals surface area (Å²) in [7, 11) is 0. The highest BCUT2D eigenvalue weighted by atomic mass is 35.5. The third-order valence-corrected chi connectivity index (χ3v) is 10.0. The van der Waals surface area contributed by atoms with E-state index in [2.05, 4.69) is 6.92 Å². The van der Waals surface area contributed by atoms with Gasteiger partial charge in [-0.2, -0.15) is 0 Å². The fraction of sp³-hybridized carbons (Fsp3) is 0.783. The maximum Gasteiger partial charge on any atom is 0.303 e. The van der Waals surface area contributed by atoms with Gasteiger partial charge >= 0.3 is 5.97 Å². The zero-order chi connectivity index (χ0) is 22.1. The topological polar surface area (TPSA) is 101 Å². The summed E-state index contributed by atoms with van der Waals surface area (Å²) in [6.07, 6.45) is 4.34. The Bertz CT molecular complexity index is 838. The van der Waals surface area contributed by atoms with Crippen LogP contribution in [-0.4, -0.2) is 50.9 Å². The number of ketones is 2. The van der Waals surface area contributed by atoms with Crippen LogP contribution in [0.4, 0.5) is 0 Å². The van der Waals surface area contributed by atoms with Gasteiger partial charge in [-0.15, -0.1) is 11.6 Å². The van der Waals surface area contributed by atoms with Gasteiger partial charge in [-0.3, -0.25) is 14.4 Å². The normalized spacial score (nSPS) is 47.6. The predicted octanol–water partition coefficient (Wildman–Crippen LogP) is 2.71. The Morgan fingerprint density at radius 1 is 1.20 bits per heavy atom. The molecular formula is C23H31ClO6. The lowest BCUT2D eigenvalue weighted by Gasteiger charge is -2.64. The summed E-state index contributed by atoms with van der Waals surface area (Å²) in [5, 5.41) is 22.9. The first-order valence-corrected chi connectivity index (χ1v) is 11.3. The first-order chi connectivity index (χ1) is 13.9. The highest BCUT2D eigenvalue weighted by Gasteiger charge is 2.73. The number of ether oxygens (including phenoxy) is 1. The van der Waals surface area contributed by atoms with Crippen molar-refractivity contribution in [2.75, 3.05) is 6.61 Å².